The third-order valence-electron chi connectivity index (χ3n) is 1.89. The quantitative estimate of drug-likeness (QED) is 0.708. The van der Waals surface area contributed by atoms with E-state index < -0.39 is 23.6 Å². The first-order valence-electron chi connectivity index (χ1n) is 4.52. The fourth-order valence-electron chi connectivity index (χ4n) is 1.33. The zero-order valence-corrected chi connectivity index (χ0v) is 9.48. The van der Waals surface area contributed by atoms with Gasteiger partial charge in [-0.05, 0) is 20.8 Å². The van der Waals surface area contributed by atoms with Crippen LogP contribution in [0.1, 0.15) is 20.8 Å². The van der Waals surface area contributed by atoms with Crippen molar-refractivity contribution >= 4 is 12.0 Å². The maximum absolute atomic E-state index is 11.1. The molecule has 3 N–H and O–H groups in total. The number of amides is 2. The second kappa shape index (κ2) is 4.97. The molecule has 2 amide bonds. The third-order valence-corrected chi connectivity index (χ3v) is 1.89. The van der Waals surface area contributed by atoms with Crippen molar-refractivity contribution in [3.05, 3.63) is 0 Å². The van der Waals surface area contributed by atoms with Crippen LogP contribution in [0, 0.1) is 0 Å². The Labute approximate surface area is 89.0 Å². The van der Waals surface area contributed by atoms with Gasteiger partial charge in [0.05, 0.1) is 6.61 Å². The van der Waals surface area contributed by atoms with Gasteiger partial charge in [-0.2, -0.15) is 0 Å². The molecule has 0 spiro atoms. The van der Waals surface area contributed by atoms with Gasteiger partial charge in [0, 0.05) is 12.6 Å². The summed E-state index contributed by atoms with van der Waals surface area (Å²) in [6.45, 7) is 5.02. The van der Waals surface area contributed by atoms with Crippen molar-refractivity contribution in [2.24, 2.45) is 5.73 Å². The molecule has 0 aliphatic carbocycles. The number of ether oxygens (including phenoxy) is 1. The maximum Gasteiger partial charge on any atom is 0.408 e. The Morgan fingerprint density at radius 1 is 1.47 bits per heavy atom. The first-order chi connectivity index (χ1) is 6.71. The third kappa shape index (κ3) is 3.75. The minimum Gasteiger partial charge on any atom is -0.465 e. The van der Waals surface area contributed by atoms with Crippen LogP contribution >= 0.6 is 0 Å². The average molecular weight is 218 g/mol. The van der Waals surface area contributed by atoms with Gasteiger partial charge in [-0.25, -0.2) is 4.79 Å². The van der Waals surface area contributed by atoms with Crippen LogP contribution in [-0.2, 0) is 9.53 Å². The van der Waals surface area contributed by atoms with E-state index in [1.165, 1.54) is 7.11 Å². The largest absolute Gasteiger partial charge is 0.465 e. The monoisotopic (exact) mass is 218 g/mol. The highest BCUT2D eigenvalue weighted by Gasteiger charge is 2.36. The lowest BCUT2D eigenvalue weighted by Gasteiger charge is -2.37. The van der Waals surface area contributed by atoms with Gasteiger partial charge in [0.25, 0.3) is 0 Å². The van der Waals surface area contributed by atoms with E-state index in [0.29, 0.717) is 0 Å². The predicted molar refractivity (Wildman–Crippen MR) is 54.5 cm³/mol. The van der Waals surface area contributed by atoms with Crippen molar-refractivity contribution in [1.82, 2.24) is 4.90 Å². The van der Waals surface area contributed by atoms with Crippen molar-refractivity contribution in [3.8, 4) is 0 Å². The molecule has 1 atom stereocenters. The number of nitrogens with two attached hydrogens (primary N) is 1. The predicted octanol–water partition coefficient (Wildman–Crippen LogP) is 0.265. The molecule has 0 aromatic heterocycles. The smallest absolute Gasteiger partial charge is 0.408 e. The van der Waals surface area contributed by atoms with Gasteiger partial charge in [-0.3, -0.25) is 9.69 Å². The summed E-state index contributed by atoms with van der Waals surface area (Å²) in [5.74, 6) is -0.714. The Kier molecular flexibility index (Phi) is 4.54. The number of carbonyl (C=O) groups excluding carboxylic acids is 1. The summed E-state index contributed by atoms with van der Waals surface area (Å²) in [5.41, 5.74) is 4.43. The summed E-state index contributed by atoms with van der Waals surface area (Å²) < 4.78 is 4.79. The van der Waals surface area contributed by atoms with Crippen LogP contribution in [0.25, 0.3) is 0 Å². The van der Waals surface area contributed by atoms with E-state index in [4.69, 9.17) is 15.6 Å². The molecule has 15 heavy (non-hydrogen) atoms. The minimum atomic E-state index is -1.19. The molecule has 6 nitrogen and oxygen atoms in total. The summed E-state index contributed by atoms with van der Waals surface area (Å²) in [6, 6.07) is -0.965. The molecule has 0 radical (unpaired) electrons. The molecule has 0 fully saturated rings. The Morgan fingerprint density at radius 3 is 2.13 bits per heavy atom. The maximum atomic E-state index is 11.1. The number of rotatable bonds is 4. The van der Waals surface area contributed by atoms with Crippen LogP contribution in [0.5, 0.6) is 0 Å². The second-order valence-corrected chi connectivity index (χ2v) is 4.20. The number of carbonyl (C=O) groups is 2. The highest BCUT2D eigenvalue weighted by molar-refractivity contribution is 5.84. The van der Waals surface area contributed by atoms with Crippen LogP contribution in [0.3, 0.4) is 0 Å². The Balaban J connectivity index is 5.02. The van der Waals surface area contributed by atoms with E-state index in [1.54, 1.807) is 20.8 Å². The van der Waals surface area contributed by atoms with Gasteiger partial charge in [0.2, 0.25) is 5.91 Å². The second-order valence-electron chi connectivity index (χ2n) is 4.20. The molecule has 0 aromatic carbocycles. The summed E-state index contributed by atoms with van der Waals surface area (Å²) in [5, 5.41) is 9.02. The summed E-state index contributed by atoms with van der Waals surface area (Å²) >= 11 is 0. The SMILES string of the molecule is COC[C@@H](C(N)=O)N(C(=O)O)C(C)(C)C. The molecular weight excluding hydrogens is 200 g/mol. The molecule has 0 saturated heterocycles. The van der Waals surface area contributed by atoms with Crippen molar-refractivity contribution in [2.45, 2.75) is 32.4 Å². The summed E-state index contributed by atoms with van der Waals surface area (Å²) in [4.78, 5) is 23.1. The number of nitrogens with zero attached hydrogens (tertiary/aromatic N) is 1. The fourth-order valence-corrected chi connectivity index (χ4v) is 1.33. The summed E-state index contributed by atoms with van der Waals surface area (Å²) in [6.07, 6.45) is -1.19. The number of hydrogen-bond donors (Lipinski definition) is 2. The molecule has 0 saturated carbocycles. The topological polar surface area (TPSA) is 92.9 Å². The van der Waals surface area contributed by atoms with E-state index in [2.05, 4.69) is 0 Å². The molecule has 0 heterocycles. The molecular formula is C9H18N2O4. The molecule has 0 aliphatic heterocycles. The average Bonchev–Trinajstić information content (AvgIpc) is 1.99. The summed E-state index contributed by atoms with van der Waals surface area (Å²) in [7, 11) is 1.39. The van der Waals surface area contributed by atoms with E-state index in [-0.39, 0.29) is 6.61 Å². The Morgan fingerprint density at radius 2 is 1.93 bits per heavy atom. The van der Waals surface area contributed by atoms with Gasteiger partial charge in [0.15, 0.2) is 0 Å². The van der Waals surface area contributed by atoms with E-state index >= 15 is 0 Å². The van der Waals surface area contributed by atoms with Crippen LogP contribution in [0.4, 0.5) is 4.79 Å². The lowest BCUT2D eigenvalue weighted by Crippen LogP contribution is -2.57. The van der Waals surface area contributed by atoms with Crippen LogP contribution in [-0.4, -0.2) is 47.3 Å². The van der Waals surface area contributed by atoms with Gasteiger partial charge in [-0.1, -0.05) is 0 Å². The van der Waals surface area contributed by atoms with Crippen LogP contribution < -0.4 is 5.73 Å². The van der Waals surface area contributed by atoms with Crippen molar-refractivity contribution < 1.29 is 19.4 Å². The zero-order valence-electron chi connectivity index (χ0n) is 9.48. The van der Waals surface area contributed by atoms with Gasteiger partial charge in [0.1, 0.15) is 6.04 Å². The van der Waals surface area contributed by atoms with Gasteiger partial charge < -0.3 is 15.6 Å². The lowest BCUT2D eigenvalue weighted by molar-refractivity contribution is -0.126. The lowest BCUT2D eigenvalue weighted by atomic mass is 10.0. The van der Waals surface area contributed by atoms with E-state index in [1.807, 2.05) is 0 Å². The van der Waals surface area contributed by atoms with Gasteiger partial charge >= 0.3 is 6.09 Å². The van der Waals surface area contributed by atoms with E-state index in [9.17, 15) is 9.59 Å². The highest BCUT2D eigenvalue weighted by Crippen LogP contribution is 2.17. The Hall–Kier alpha value is -1.30. The van der Waals surface area contributed by atoms with Crippen LogP contribution in [0.15, 0.2) is 0 Å². The van der Waals surface area contributed by atoms with Crippen LogP contribution in [0.2, 0.25) is 0 Å². The normalized spacial score (nSPS) is 13.3. The highest BCUT2D eigenvalue weighted by atomic mass is 16.5. The number of hydrogen-bond acceptors (Lipinski definition) is 3. The molecule has 0 rings (SSSR count). The zero-order chi connectivity index (χ0) is 12.2. The molecule has 0 unspecified atom stereocenters. The minimum absolute atomic E-state index is 0.0428. The first kappa shape index (κ1) is 13.7. The molecule has 6 heteroatoms. The van der Waals surface area contributed by atoms with Gasteiger partial charge in [-0.15, -0.1) is 0 Å². The number of methoxy groups -OCH3 is 1. The standard InChI is InChI=1S/C9H18N2O4/c1-9(2,3)11(8(13)14)6(5-15-4)7(10)12/h6H,5H2,1-4H3,(H2,10,12)(H,13,14)/t6-/m0/s1. The molecule has 0 aromatic rings. The Bertz CT molecular complexity index is 247. The van der Waals surface area contributed by atoms with E-state index in [0.717, 1.165) is 4.90 Å². The molecule has 0 bridgehead atoms. The molecule has 0 aliphatic rings. The van der Waals surface area contributed by atoms with Crippen molar-refractivity contribution in [2.75, 3.05) is 13.7 Å². The van der Waals surface area contributed by atoms with Crippen molar-refractivity contribution in [1.29, 1.82) is 0 Å². The fraction of sp³-hybridized carbons (Fsp3) is 0.778. The first-order valence-corrected chi connectivity index (χ1v) is 4.52. The number of primary amides is 1. The number of carboxylic acid groups (broad SMARTS) is 1. The molecule has 88 valence electrons. The van der Waals surface area contributed by atoms with Crippen molar-refractivity contribution in [3.63, 3.8) is 0 Å².